The van der Waals surface area contributed by atoms with Crippen LogP contribution >= 0.6 is 0 Å². The number of benzene rings is 2. The predicted molar refractivity (Wildman–Crippen MR) is 90.1 cm³/mol. The van der Waals surface area contributed by atoms with Crippen molar-refractivity contribution < 1.29 is 9.53 Å². The smallest absolute Gasteiger partial charge is 0.407 e. The number of alkyl carbamates (subject to hydrolysis) is 1. The van der Waals surface area contributed by atoms with Crippen LogP contribution in [-0.2, 0) is 17.6 Å². The molecule has 1 heterocycles. The van der Waals surface area contributed by atoms with Crippen LogP contribution in [-0.4, -0.2) is 24.3 Å². The maximum absolute atomic E-state index is 11.6. The van der Waals surface area contributed by atoms with Crippen molar-refractivity contribution in [3.8, 4) is 0 Å². The molecule has 1 saturated heterocycles. The Kier molecular flexibility index (Phi) is 4.93. The molecule has 0 aromatic heterocycles. The molecule has 1 fully saturated rings. The first kappa shape index (κ1) is 15.6. The molecule has 1 aliphatic heterocycles. The Morgan fingerprint density at radius 3 is 2.26 bits per heavy atom. The number of hydrogen-bond donors (Lipinski definition) is 2. The van der Waals surface area contributed by atoms with E-state index >= 15 is 0 Å². The molecule has 0 unspecified atom stereocenters. The molecule has 0 bridgehead atoms. The van der Waals surface area contributed by atoms with E-state index < -0.39 is 0 Å². The molecule has 4 nitrogen and oxygen atoms in total. The third-order valence-electron chi connectivity index (χ3n) is 4.18. The maximum Gasteiger partial charge on any atom is 0.407 e. The van der Waals surface area contributed by atoms with Gasteiger partial charge in [-0.2, -0.15) is 0 Å². The van der Waals surface area contributed by atoms with E-state index in [4.69, 9.17) is 10.5 Å². The highest BCUT2D eigenvalue weighted by Crippen LogP contribution is 2.19. The molecule has 0 saturated carbocycles. The quantitative estimate of drug-likeness (QED) is 0.862. The fourth-order valence-electron chi connectivity index (χ4n) is 3.06. The maximum atomic E-state index is 11.6. The summed E-state index contributed by atoms with van der Waals surface area (Å²) in [5.74, 6) is 0. The van der Waals surface area contributed by atoms with Gasteiger partial charge in [0.15, 0.2) is 0 Å². The molecule has 0 aliphatic carbocycles. The van der Waals surface area contributed by atoms with Crippen molar-refractivity contribution in [3.63, 3.8) is 0 Å². The van der Waals surface area contributed by atoms with Crippen LogP contribution in [0.4, 0.5) is 4.79 Å². The van der Waals surface area contributed by atoms with Crippen molar-refractivity contribution in [3.05, 3.63) is 71.8 Å². The normalized spacial score (nSPS) is 21.5. The zero-order chi connectivity index (χ0) is 16.1. The molecule has 2 aromatic carbocycles. The Morgan fingerprint density at radius 1 is 1.00 bits per heavy atom. The monoisotopic (exact) mass is 310 g/mol. The summed E-state index contributed by atoms with van der Waals surface area (Å²) in [7, 11) is 0. The van der Waals surface area contributed by atoms with E-state index in [9.17, 15) is 4.79 Å². The largest absolute Gasteiger partial charge is 0.444 e. The van der Waals surface area contributed by atoms with Crippen LogP contribution in [0.15, 0.2) is 60.7 Å². The fraction of sp³-hybridized carbons (Fsp3) is 0.316. The minimum atomic E-state index is -0.345. The van der Waals surface area contributed by atoms with Gasteiger partial charge in [-0.3, -0.25) is 0 Å². The Balaban J connectivity index is 1.59. The number of carbonyl (C=O) groups is 1. The SMILES string of the molecule is N[C@@H](Cc1ccccc1)C[C@@H]1OC(=O)N[C@H]1Cc1ccccc1. The zero-order valence-corrected chi connectivity index (χ0v) is 13.0. The second kappa shape index (κ2) is 7.29. The van der Waals surface area contributed by atoms with Crippen molar-refractivity contribution in [1.82, 2.24) is 5.32 Å². The van der Waals surface area contributed by atoms with Gasteiger partial charge >= 0.3 is 6.09 Å². The van der Waals surface area contributed by atoms with E-state index in [1.54, 1.807) is 0 Å². The number of rotatable bonds is 6. The minimum Gasteiger partial charge on any atom is -0.444 e. The van der Waals surface area contributed by atoms with E-state index in [0.29, 0.717) is 6.42 Å². The third-order valence-corrected chi connectivity index (χ3v) is 4.18. The van der Waals surface area contributed by atoms with E-state index in [-0.39, 0.29) is 24.3 Å². The summed E-state index contributed by atoms with van der Waals surface area (Å²) in [6.07, 6.45) is 1.68. The van der Waals surface area contributed by atoms with Crippen molar-refractivity contribution in [2.45, 2.75) is 37.5 Å². The minimum absolute atomic E-state index is 0.0216. The molecule has 4 heteroatoms. The van der Waals surface area contributed by atoms with Gasteiger partial charge < -0.3 is 15.8 Å². The van der Waals surface area contributed by atoms with Crippen LogP contribution in [0, 0.1) is 0 Å². The van der Waals surface area contributed by atoms with Gasteiger partial charge in [-0.25, -0.2) is 4.79 Å². The summed E-state index contributed by atoms with van der Waals surface area (Å²) in [6, 6.07) is 20.2. The highest BCUT2D eigenvalue weighted by molar-refractivity contribution is 5.70. The summed E-state index contributed by atoms with van der Waals surface area (Å²) in [5.41, 5.74) is 8.66. The van der Waals surface area contributed by atoms with Gasteiger partial charge in [0.25, 0.3) is 0 Å². The number of nitrogens with two attached hydrogens (primary N) is 1. The standard InChI is InChI=1S/C19H22N2O2/c20-16(11-14-7-3-1-4-8-14)13-18-17(21-19(22)23-18)12-15-9-5-2-6-10-15/h1-10,16-18H,11-13,20H2,(H,21,22)/t16-,17-,18-/m0/s1. The average molecular weight is 310 g/mol. The number of amides is 1. The van der Waals surface area contributed by atoms with Crippen molar-refractivity contribution >= 4 is 6.09 Å². The second-order valence-corrected chi connectivity index (χ2v) is 6.07. The predicted octanol–water partition coefficient (Wildman–Crippen LogP) is 2.67. The third kappa shape index (κ3) is 4.33. The molecule has 23 heavy (non-hydrogen) atoms. The number of cyclic esters (lactones) is 1. The van der Waals surface area contributed by atoms with Crippen molar-refractivity contribution in [2.24, 2.45) is 5.73 Å². The summed E-state index contributed by atoms with van der Waals surface area (Å²) in [4.78, 5) is 11.6. The molecule has 0 spiro atoms. The van der Waals surface area contributed by atoms with Crippen molar-refractivity contribution in [1.29, 1.82) is 0 Å². The first-order valence-corrected chi connectivity index (χ1v) is 8.01. The number of ether oxygens (including phenoxy) is 1. The lowest BCUT2D eigenvalue weighted by atomic mass is 9.95. The van der Waals surface area contributed by atoms with E-state index in [1.165, 1.54) is 11.1 Å². The lowest BCUT2D eigenvalue weighted by Crippen LogP contribution is -2.38. The summed E-state index contributed by atoms with van der Waals surface area (Å²) in [6.45, 7) is 0. The van der Waals surface area contributed by atoms with Crippen LogP contribution in [0.3, 0.4) is 0 Å². The van der Waals surface area contributed by atoms with Gasteiger partial charge in [0.1, 0.15) is 6.10 Å². The van der Waals surface area contributed by atoms with Gasteiger partial charge in [-0.1, -0.05) is 60.7 Å². The summed E-state index contributed by atoms with van der Waals surface area (Å²) in [5, 5.41) is 2.90. The van der Waals surface area contributed by atoms with Crippen LogP contribution in [0.5, 0.6) is 0 Å². The Labute approximate surface area is 136 Å². The van der Waals surface area contributed by atoms with Crippen LogP contribution in [0.2, 0.25) is 0 Å². The lowest BCUT2D eigenvalue weighted by molar-refractivity contribution is 0.121. The van der Waals surface area contributed by atoms with Gasteiger partial charge in [0.05, 0.1) is 6.04 Å². The molecule has 3 rings (SSSR count). The highest BCUT2D eigenvalue weighted by atomic mass is 16.6. The Hall–Kier alpha value is -2.33. The van der Waals surface area contributed by atoms with Gasteiger partial charge in [-0.15, -0.1) is 0 Å². The first-order chi connectivity index (χ1) is 11.2. The molecule has 3 N–H and O–H groups in total. The number of carbonyl (C=O) groups excluding carboxylic acids is 1. The molecule has 3 atom stereocenters. The van der Waals surface area contributed by atoms with E-state index in [2.05, 4.69) is 29.6 Å². The summed E-state index contributed by atoms with van der Waals surface area (Å²) >= 11 is 0. The fourth-order valence-corrected chi connectivity index (χ4v) is 3.06. The van der Waals surface area contributed by atoms with Gasteiger partial charge in [0.2, 0.25) is 0 Å². The topological polar surface area (TPSA) is 64.3 Å². The molecule has 0 radical (unpaired) electrons. The second-order valence-electron chi connectivity index (χ2n) is 6.07. The molecule has 120 valence electrons. The van der Waals surface area contributed by atoms with E-state index in [0.717, 1.165) is 12.8 Å². The number of hydrogen-bond acceptors (Lipinski definition) is 3. The lowest BCUT2D eigenvalue weighted by Gasteiger charge is -2.20. The van der Waals surface area contributed by atoms with Crippen molar-refractivity contribution in [2.75, 3.05) is 0 Å². The molecule has 1 amide bonds. The van der Waals surface area contributed by atoms with Crippen LogP contribution in [0.1, 0.15) is 17.5 Å². The Morgan fingerprint density at radius 2 is 1.61 bits per heavy atom. The van der Waals surface area contributed by atoms with Crippen LogP contribution < -0.4 is 11.1 Å². The molecular formula is C19H22N2O2. The summed E-state index contributed by atoms with van der Waals surface area (Å²) < 4.78 is 5.42. The van der Waals surface area contributed by atoms with Crippen LogP contribution in [0.25, 0.3) is 0 Å². The van der Waals surface area contributed by atoms with Gasteiger partial charge in [0, 0.05) is 12.5 Å². The zero-order valence-electron chi connectivity index (χ0n) is 13.0. The number of nitrogens with one attached hydrogen (secondary N) is 1. The first-order valence-electron chi connectivity index (χ1n) is 8.01. The Bertz CT molecular complexity index is 630. The molecule has 1 aliphatic rings. The highest BCUT2D eigenvalue weighted by Gasteiger charge is 2.34. The average Bonchev–Trinajstić information content (AvgIpc) is 2.88. The molecular weight excluding hydrogens is 288 g/mol. The molecule has 2 aromatic rings. The van der Waals surface area contributed by atoms with Gasteiger partial charge in [-0.05, 0) is 24.0 Å². The van der Waals surface area contributed by atoms with E-state index in [1.807, 2.05) is 36.4 Å².